The van der Waals surface area contributed by atoms with E-state index < -0.39 is 5.60 Å². The summed E-state index contributed by atoms with van der Waals surface area (Å²) in [5.41, 5.74) is -0.429. The molecule has 2 rings (SSSR count). The van der Waals surface area contributed by atoms with Crippen LogP contribution in [0.3, 0.4) is 0 Å². The number of rotatable bonds is 4. The summed E-state index contributed by atoms with van der Waals surface area (Å²) in [6.45, 7) is 5.69. The fraction of sp³-hybridized carbons (Fsp3) is 0.611. The lowest BCUT2D eigenvalue weighted by atomic mass is 9.87. The van der Waals surface area contributed by atoms with E-state index >= 15 is 0 Å². The number of thioether (sulfide) groups is 1. The Kier molecular flexibility index (Phi) is 6.18. The Morgan fingerprint density at radius 2 is 2.00 bits per heavy atom. The molecule has 1 aliphatic rings. The van der Waals surface area contributed by atoms with Gasteiger partial charge in [0.1, 0.15) is 5.60 Å². The maximum atomic E-state index is 11.9. The van der Waals surface area contributed by atoms with Gasteiger partial charge in [-0.05, 0) is 58.1 Å². The molecule has 0 bridgehead atoms. The molecule has 0 aromatic heterocycles. The number of carbonyl (C=O) groups excluding carboxylic acids is 1. The summed E-state index contributed by atoms with van der Waals surface area (Å²) in [6, 6.07) is 10.8. The van der Waals surface area contributed by atoms with Gasteiger partial charge in [-0.2, -0.15) is 0 Å². The lowest BCUT2D eigenvalue weighted by Gasteiger charge is -2.30. The molecule has 2 atom stereocenters. The van der Waals surface area contributed by atoms with E-state index in [0.717, 1.165) is 18.6 Å². The van der Waals surface area contributed by atoms with Crippen LogP contribution in [0.1, 0.15) is 46.5 Å². The molecule has 1 aromatic carbocycles. The van der Waals surface area contributed by atoms with Crippen molar-refractivity contribution in [2.75, 3.05) is 5.75 Å². The summed E-state index contributed by atoms with van der Waals surface area (Å²) >= 11 is 1.91. The zero-order valence-corrected chi connectivity index (χ0v) is 14.6. The highest BCUT2D eigenvalue weighted by molar-refractivity contribution is 7.99. The van der Waals surface area contributed by atoms with E-state index in [1.165, 1.54) is 17.7 Å². The van der Waals surface area contributed by atoms with Gasteiger partial charge in [-0.25, -0.2) is 4.79 Å². The Hall–Kier alpha value is -1.16. The summed E-state index contributed by atoms with van der Waals surface area (Å²) in [6.07, 6.45) is 4.27. The molecule has 1 aliphatic carbocycles. The summed E-state index contributed by atoms with van der Waals surface area (Å²) in [4.78, 5) is 13.2. The van der Waals surface area contributed by atoms with Gasteiger partial charge in [0, 0.05) is 16.7 Å². The van der Waals surface area contributed by atoms with E-state index in [-0.39, 0.29) is 12.1 Å². The maximum Gasteiger partial charge on any atom is 0.407 e. The second-order valence-electron chi connectivity index (χ2n) is 7.00. The van der Waals surface area contributed by atoms with Crippen LogP contribution in [0.2, 0.25) is 0 Å². The highest BCUT2D eigenvalue weighted by Crippen LogP contribution is 2.30. The third-order valence-corrected chi connectivity index (χ3v) is 4.98. The lowest BCUT2D eigenvalue weighted by molar-refractivity contribution is 0.0487. The van der Waals surface area contributed by atoms with Gasteiger partial charge >= 0.3 is 6.09 Å². The number of alkyl carbamates (subject to hydrolysis) is 1. The molecule has 0 spiro atoms. The van der Waals surface area contributed by atoms with Crippen molar-refractivity contribution in [1.29, 1.82) is 0 Å². The molecule has 0 saturated heterocycles. The SMILES string of the molecule is CC(C)(C)OC(=O)NC1CCCC(CSc2ccccc2)C1. The van der Waals surface area contributed by atoms with Crippen molar-refractivity contribution in [1.82, 2.24) is 5.32 Å². The van der Waals surface area contributed by atoms with Crippen LogP contribution in [-0.2, 0) is 4.74 Å². The largest absolute Gasteiger partial charge is 0.444 e. The summed E-state index contributed by atoms with van der Waals surface area (Å²) in [5.74, 6) is 1.79. The Labute approximate surface area is 138 Å². The van der Waals surface area contributed by atoms with Gasteiger partial charge in [0.15, 0.2) is 0 Å². The number of ether oxygens (including phenoxy) is 1. The van der Waals surface area contributed by atoms with Crippen LogP contribution in [0.25, 0.3) is 0 Å². The van der Waals surface area contributed by atoms with Crippen molar-refractivity contribution < 1.29 is 9.53 Å². The van der Waals surface area contributed by atoms with E-state index in [4.69, 9.17) is 4.74 Å². The first-order valence-corrected chi connectivity index (χ1v) is 9.08. The fourth-order valence-electron chi connectivity index (χ4n) is 2.78. The molecule has 1 aromatic rings. The molecule has 1 fully saturated rings. The number of benzene rings is 1. The minimum atomic E-state index is -0.429. The van der Waals surface area contributed by atoms with Gasteiger partial charge in [-0.15, -0.1) is 11.8 Å². The van der Waals surface area contributed by atoms with Crippen LogP contribution in [0.4, 0.5) is 4.79 Å². The average molecular weight is 321 g/mol. The van der Waals surface area contributed by atoms with Gasteiger partial charge in [0.25, 0.3) is 0 Å². The Balaban J connectivity index is 1.75. The molecule has 122 valence electrons. The van der Waals surface area contributed by atoms with Crippen molar-refractivity contribution in [2.45, 2.75) is 63.0 Å². The zero-order valence-electron chi connectivity index (χ0n) is 13.8. The molecule has 1 N–H and O–H groups in total. The molecule has 0 aliphatic heterocycles. The second-order valence-corrected chi connectivity index (χ2v) is 8.09. The number of hydrogen-bond donors (Lipinski definition) is 1. The van der Waals surface area contributed by atoms with Crippen LogP contribution in [0.15, 0.2) is 35.2 Å². The van der Waals surface area contributed by atoms with E-state index in [2.05, 4.69) is 29.6 Å². The minimum absolute atomic E-state index is 0.255. The monoisotopic (exact) mass is 321 g/mol. The standard InChI is InChI=1S/C18H27NO2S/c1-18(2,3)21-17(20)19-15-9-7-8-14(12-15)13-22-16-10-5-4-6-11-16/h4-6,10-11,14-15H,7-9,12-13H2,1-3H3,(H,19,20). The van der Waals surface area contributed by atoms with E-state index in [1.54, 1.807) is 0 Å². The van der Waals surface area contributed by atoms with Crippen LogP contribution < -0.4 is 5.32 Å². The van der Waals surface area contributed by atoms with Crippen LogP contribution in [0, 0.1) is 5.92 Å². The van der Waals surface area contributed by atoms with Gasteiger partial charge in [0.05, 0.1) is 0 Å². The second kappa shape index (κ2) is 7.91. The van der Waals surface area contributed by atoms with Gasteiger partial charge in [0.2, 0.25) is 0 Å². The normalized spacial score (nSPS) is 22.1. The molecular formula is C18H27NO2S. The smallest absolute Gasteiger partial charge is 0.407 e. The summed E-state index contributed by atoms with van der Waals surface area (Å²) < 4.78 is 5.35. The highest BCUT2D eigenvalue weighted by atomic mass is 32.2. The van der Waals surface area contributed by atoms with E-state index in [9.17, 15) is 4.79 Å². The molecule has 22 heavy (non-hydrogen) atoms. The fourth-order valence-corrected chi connectivity index (χ4v) is 3.86. The Bertz CT molecular complexity index is 470. The first-order chi connectivity index (χ1) is 10.4. The minimum Gasteiger partial charge on any atom is -0.444 e. The molecule has 4 heteroatoms. The Morgan fingerprint density at radius 3 is 2.68 bits per heavy atom. The Morgan fingerprint density at radius 1 is 1.27 bits per heavy atom. The molecule has 3 nitrogen and oxygen atoms in total. The van der Waals surface area contributed by atoms with E-state index in [1.807, 2.05) is 38.6 Å². The molecular weight excluding hydrogens is 294 g/mol. The zero-order chi connectivity index (χ0) is 16.0. The molecule has 0 heterocycles. The highest BCUT2D eigenvalue weighted by Gasteiger charge is 2.25. The predicted molar refractivity (Wildman–Crippen MR) is 92.3 cm³/mol. The van der Waals surface area contributed by atoms with E-state index in [0.29, 0.717) is 5.92 Å². The third-order valence-electron chi connectivity index (χ3n) is 3.73. The van der Waals surface area contributed by atoms with Gasteiger partial charge < -0.3 is 10.1 Å². The number of amides is 1. The third kappa shape index (κ3) is 6.30. The van der Waals surface area contributed by atoms with Crippen molar-refractivity contribution in [3.8, 4) is 0 Å². The van der Waals surface area contributed by atoms with Gasteiger partial charge in [-0.1, -0.05) is 24.6 Å². The van der Waals surface area contributed by atoms with Gasteiger partial charge in [-0.3, -0.25) is 0 Å². The molecule has 1 amide bonds. The predicted octanol–water partition coefficient (Wildman–Crippen LogP) is 4.86. The van der Waals surface area contributed by atoms with Crippen molar-refractivity contribution in [3.63, 3.8) is 0 Å². The number of hydrogen-bond acceptors (Lipinski definition) is 3. The lowest BCUT2D eigenvalue weighted by Crippen LogP contribution is -2.41. The first kappa shape index (κ1) is 17.2. The van der Waals surface area contributed by atoms with Crippen LogP contribution >= 0.6 is 11.8 Å². The van der Waals surface area contributed by atoms with Crippen molar-refractivity contribution in [3.05, 3.63) is 30.3 Å². The maximum absolute atomic E-state index is 11.9. The first-order valence-electron chi connectivity index (χ1n) is 8.10. The molecule has 2 unspecified atom stereocenters. The molecule has 1 saturated carbocycles. The topological polar surface area (TPSA) is 38.3 Å². The van der Waals surface area contributed by atoms with Crippen molar-refractivity contribution in [2.24, 2.45) is 5.92 Å². The van der Waals surface area contributed by atoms with Crippen molar-refractivity contribution >= 4 is 17.9 Å². The van der Waals surface area contributed by atoms with Crippen LogP contribution in [0.5, 0.6) is 0 Å². The number of nitrogens with one attached hydrogen (secondary N) is 1. The number of carbonyl (C=O) groups is 1. The average Bonchev–Trinajstić information content (AvgIpc) is 2.44. The molecule has 0 radical (unpaired) electrons. The summed E-state index contributed by atoms with van der Waals surface area (Å²) in [7, 11) is 0. The quantitative estimate of drug-likeness (QED) is 0.805. The summed E-state index contributed by atoms with van der Waals surface area (Å²) in [5, 5.41) is 3.03. The van der Waals surface area contributed by atoms with Crippen LogP contribution in [-0.4, -0.2) is 23.5 Å².